The van der Waals surface area contributed by atoms with E-state index in [9.17, 15) is 4.79 Å². The highest BCUT2D eigenvalue weighted by atomic mass is 16.1. The molecule has 0 unspecified atom stereocenters. The first-order valence-corrected chi connectivity index (χ1v) is 7.61. The van der Waals surface area contributed by atoms with Crippen molar-refractivity contribution >= 4 is 5.91 Å². The molecule has 0 spiro atoms. The highest BCUT2D eigenvalue weighted by Gasteiger charge is 2.18. The molecule has 2 aromatic rings. The second-order valence-corrected chi connectivity index (χ2v) is 5.55. The van der Waals surface area contributed by atoms with Crippen molar-refractivity contribution in [2.45, 2.75) is 26.3 Å². The number of hydrogen-bond donors (Lipinski definition) is 1. The second-order valence-electron chi connectivity index (χ2n) is 5.55. The molecule has 0 saturated heterocycles. The first-order chi connectivity index (χ1) is 10.8. The van der Waals surface area contributed by atoms with Crippen LogP contribution in [-0.2, 0) is 11.3 Å². The average molecular weight is 296 g/mol. The van der Waals surface area contributed by atoms with Gasteiger partial charge in [-0.1, -0.05) is 12.2 Å². The molecule has 0 saturated carbocycles. The minimum atomic E-state index is 0.113. The van der Waals surface area contributed by atoms with E-state index in [-0.39, 0.29) is 11.8 Å². The summed E-state index contributed by atoms with van der Waals surface area (Å²) < 4.78 is 2.12. The fourth-order valence-corrected chi connectivity index (χ4v) is 2.74. The number of aromatic nitrogens is 3. The number of imidazole rings is 1. The molecular formula is C17H20N4O. The summed E-state index contributed by atoms with van der Waals surface area (Å²) in [6.07, 6.45) is 11.3. The molecule has 3 rings (SSSR count). The molecule has 5 heteroatoms. The largest absolute Gasteiger partial charge is 0.354 e. The molecule has 1 aliphatic carbocycles. The standard InChI is InChI=1S/C17H20N4O/c1-13-11-20-16(15-7-4-8-18-12-15)21(13)10-9-19-17(22)14-5-2-3-6-14/h2-4,7-8,11-12,14H,5-6,9-10H2,1H3,(H,19,22). The van der Waals surface area contributed by atoms with Crippen molar-refractivity contribution in [3.8, 4) is 11.4 Å². The van der Waals surface area contributed by atoms with Gasteiger partial charge in [-0.15, -0.1) is 0 Å². The van der Waals surface area contributed by atoms with Crippen LogP contribution in [0.2, 0.25) is 0 Å². The molecule has 0 aliphatic heterocycles. The fraction of sp³-hybridized carbons (Fsp3) is 0.353. The van der Waals surface area contributed by atoms with Crippen LogP contribution < -0.4 is 5.32 Å². The Labute approximate surface area is 130 Å². The Balaban J connectivity index is 1.63. The van der Waals surface area contributed by atoms with Crippen molar-refractivity contribution < 1.29 is 4.79 Å². The van der Waals surface area contributed by atoms with Crippen molar-refractivity contribution in [3.63, 3.8) is 0 Å². The van der Waals surface area contributed by atoms with Gasteiger partial charge in [0.25, 0.3) is 0 Å². The van der Waals surface area contributed by atoms with E-state index in [1.807, 2.05) is 25.3 Å². The third-order valence-corrected chi connectivity index (χ3v) is 3.99. The van der Waals surface area contributed by atoms with E-state index in [2.05, 4.69) is 32.0 Å². The summed E-state index contributed by atoms with van der Waals surface area (Å²) in [6.45, 7) is 3.34. The number of rotatable bonds is 5. The summed E-state index contributed by atoms with van der Waals surface area (Å²) in [5.41, 5.74) is 2.07. The predicted octanol–water partition coefficient (Wildman–Crippen LogP) is 2.34. The highest BCUT2D eigenvalue weighted by molar-refractivity contribution is 5.79. The minimum absolute atomic E-state index is 0.113. The molecule has 0 radical (unpaired) electrons. The van der Waals surface area contributed by atoms with Crippen LogP contribution in [0.4, 0.5) is 0 Å². The van der Waals surface area contributed by atoms with Gasteiger partial charge in [0.05, 0.1) is 0 Å². The first kappa shape index (κ1) is 14.5. The van der Waals surface area contributed by atoms with Gasteiger partial charge >= 0.3 is 0 Å². The summed E-state index contributed by atoms with van der Waals surface area (Å²) in [4.78, 5) is 20.6. The number of nitrogens with zero attached hydrogens (tertiary/aromatic N) is 3. The van der Waals surface area contributed by atoms with Gasteiger partial charge in [0.15, 0.2) is 0 Å². The maximum Gasteiger partial charge on any atom is 0.223 e. The molecule has 1 aliphatic rings. The zero-order chi connectivity index (χ0) is 15.4. The molecule has 22 heavy (non-hydrogen) atoms. The van der Waals surface area contributed by atoms with E-state index >= 15 is 0 Å². The number of hydrogen-bond acceptors (Lipinski definition) is 3. The number of carbonyl (C=O) groups excluding carboxylic acids is 1. The molecule has 0 aromatic carbocycles. The zero-order valence-electron chi connectivity index (χ0n) is 12.7. The Morgan fingerprint density at radius 1 is 1.36 bits per heavy atom. The second kappa shape index (κ2) is 6.56. The predicted molar refractivity (Wildman–Crippen MR) is 85.1 cm³/mol. The number of aryl methyl sites for hydroxylation is 1. The molecule has 0 atom stereocenters. The Morgan fingerprint density at radius 3 is 2.91 bits per heavy atom. The fourth-order valence-electron chi connectivity index (χ4n) is 2.74. The van der Waals surface area contributed by atoms with Crippen LogP contribution in [0.3, 0.4) is 0 Å². The number of pyridine rings is 1. The number of allylic oxidation sites excluding steroid dienone is 2. The molecule has 0 fully saturated rings. The van der Waals surface area contributed by atoms with E-state index in [1.54, 1.807) is 12.4 Å². The summed E-state index contributed by atoms with van der Waals surface area (Å²) in [6, 6.07) is 3.90. The monoisotopic (exact) mass is 296 g/mol. The maximum absolute atomic E-state index is 12.0. The van der Waals surface area contributed by atoms with Gasteiger partial charge in [0.2, 0.25) is 5.91 Å². The van der Waals surface area contributed by atoms with Gasteiger partial charge in [-0.05, 0) is 31.9 Å². The average Bonchev–Trinajstić information content (AvgIpc) is 3.19. The van der Waals surface area contributed by atoms with Crippen LogP contribution in [0.25, 0.3) is 11.4 Å². The van der Waals surface area contributed by atoms with Gasteiger partial charge in [0, 0.05) is 48.9 Å². The van der Waals surface area contributed by atoms with E-state index in [4.69, 9.17) is 0 Å². The lowest BCUT2D eigenvalue weighted by atomic mass is 10.1. The summed E-state index contributed by atoms with van der Waals surface area (Å²) >= 11 is 0. The van der Waals surface area contributed by atoms with Crippen LogP contribution in [0.5, 0.6) is 0 Å². The van der Waals surface area contributed by atoms with Crippen LogP contribution in [0, 0.1) is 12.8 Å². The SMILES string of the molecule is Cc1cnc(-c2cccnc2)n1CCNC(=O)C1CC=CC1. The van der Waals surface area contributed by atoms with Crippen LogP contribution >= 0.6 is 0 Å². The van der Waals surface area contributed by atoms with E-state index in [1.165, 1.54) is 0 Å². The topological polar surface area (TPSA) is 59.8 Å². The molecule has 5 nitrogen and oxygen atoms in total. The van der Waals surface area contributed by atoms with Crippen molar-refractivity contribution in [2.75, 3.05) is 6.54 Å². The Kier molecular flexibility index (Phi) is 4.32. The lowest BCUT2D eigenvalue weighted by Gasteiger charge is -2.13. The maximum atomic E-state index is 12.0. The van der Waals surface area contributed by atoms with Crippen molar-refractivity contribution in [1.29, 1.82) is 0 Å². The smallest absolute Gasteiger partial charge is 0.223 e. The number of nitrogens with one attached hydrogen (secondary N) is 1. The van der Waals surface area contributed by atoms with Gasteiger partial charge in [0.1, 0.15) is 5.82 Å². The van der Waals surface area contributed by atoms with Crippen LogP contribution in [-0.4, -0.2) is 27.0 Å². The van der Waals surface area contributed by atoms with Gasteiger partial charge in [-0.25, -0.2) is 4.98 Å². The van der Waals surface area contributed by atoms with E-state index in [0.717, 1.165) is 29.9 Å². The van der Waals surface area contributed by atoms with Gasteiger partial charge < -0.3 is 9.88 Å². The molecule has 1 N–H and O–H groups in total. The zero-order valence-corrected chi connectivity index (χ0v) is 12.7. The summed E-state index contributed by atoms with van der Waals surface area (Å²) in [7, 11) is 0. The Morgan fingerprint density at radius 2 is 2.18 bits per heavy atom. The van der Waals surface area contributed by atoms with Crippen molar-refractivity contribution in [1.82, 2.24) is 19.9 Å². The first-order valence-electron chi connectivity index (χ1n) is 7.61. The third-order valence-electron chi connectivity index (χ3n) is 3.99. The normalized spacial score (nSPS) is 14.4. The van der Waals surface area contributed by atoms with Crippen molar-refractivity contribution in [3.05, 3.63) is 48.6 Å². The minimum Gasteiger partial charge on any atom is -0.354 e. The van der Waals surface area contributed by atoms with Gasteiger partial charge in [-0.2, -0.15) is 0 Å². The Bertz CT molecular complexity index is 667. The lowest BCUT2D eigenvalue weighted by molar-refractivity contribution is -0.124. The molecular weight excluding hydrogens is 276 g/mol. The molecule has 114 valence electrons. The lowest BCUT2D eigenvalue weighted by Crippen LogP contribution is -2.32. The van der Waals surface area contributed by atoms with E-state index in [0.29, 0.717) is 13.1 Å². The van der Waals surface area contributed by atoms with Crippen LogP contribution in [0.15, 0.2) is 42.9 Å². The van der Waals surface area contributed by atoms with Gasteiger partial charge in [-0.3, -0.25) is 9.78 Å². The van der Waals surface area contributed by atoms with Crippen molar-refractivity contribution in [2.24, 2.45) is 5.92 Å². The molecule has 1 amide bonds. The molecule has 2 heterocycles. The van der Waals surface area contributed by atoms with Crippen LogP contribution in [0.1, 0.15) is 18.5 Å². The third kappa shape index (κ3) is 3.08. The summed E-state index contributed by atoms with van der Waals surface area (Å²) in [5, 5.41) is 3.03. The number of carbonyl (C=O) groups is 1. The quantitative estimate of drug-likeness (QED) is 0.862. The Hall–Kier alpha value is -2.43. The number of amides is 1. The van der Waals surface area contributed by atoms with E-state index < -0.39 is 0 Å². The molecule has 2 aromatic heterocycles. The molecule has 0 bridgehead atoms. The highest BCUT2D eigenvalue weighted by Crippen LogP contribution is 2.19. The summed E-state index contributed by atoms with van der Waals surface area (Å²) in [5.74, 6) is 1.15.